The Balaban J connectivity index is 1.59. The van der Waals surface area contributed by atoms with Crippen LogP contribution in [0, 0.1) is 17.8 Å². The first-order chi connectivity index (χ1) is 12.9. The maximum absolute atomic E-state index is 13.4. The number of Topliss-reactive ketones (excluding diaryl/α,β-unsaturated/α-hetero) is 1. The van der Waals surface area contributed by atoms with Crippen molar-refractivity contribution in [3.8, 4) is 0 Å². The summed E-state index contributed by atoms with van der Waals surface area (Å²) in [4.78, 5) is 41.7. The van der Waals surface area contributed by atoms with Crippen LogP contribution >= 0.6 is 0 Å². The number of carbonyl (C=O) groups is 3. The summed E-state index contributed by atoms with van der Waals surface area (Å²) in [6, 6.07) is 8.53. The van der Waals surface area contributed by atoms with Gasteiger partial charge < -0.3 is 4.90 Å². The summed E-state index contributed by atoms with van der Waals surface area (Å²) in [5.41, 5.74) is -0.305. The van der Waals surface area contributed by atoms with Gasteiger partial charge in [-0.15, -0.1) is 0 Å². The molecule has 4 fully saturated rings. The van der Waals surface area contributed by atoms with Gasteiger partial charge in [0.15, 0.2) is 5.78 Å². The summed E-state index contributed by atoms with van der Waals surface area (Å²) in [5, 5.41) is 0. The third-order valence-corrected chi connectivity index (χ3v) is 7.36. The van der Waals surface area contributed by atoms with E-state index in [9.17, 15) is 14.4 Å². The second-order valence-electron chi connectivity index (χ2n) is 8.63. The van der Waals surface area contributed by atoms with Crippen LogP contribution in [0.2, 0.25) is 0 Å². The number of hydrogen-bond donors (Lipinski definition) is 0. The molecule has 1 aromatic carbocycles. The summed E-state index contributed by atoms with van der Waals surface area (Å²) >= 11 is 0. The third-order valence-electron chi connectivity index (χ3n) is 7.36. The van der Waals surface area contributed by atoms with Crippen LogP contribution in [0.5, 0.6) is 0 Å². The lowest BCUT2D eigenvalue weighted by Crippen LogP contribution is -2.53. The zero-order chi connectivity index (χ0) is 19.2. The van der Waals surface area contributed by atoms with Crippen LogP contribution in [0.15, 0.2) is 30.3 Å². The molecule has 144 valence electrons. The Bertz CT molecular complexity index is 754. The van der Waals surface area contributed by atoms with Gasteiger partial charge >= 0.3 is 6.03 Å². The van der Waals surface area contributed by atoms with Crippen LogP contribution in [0.1, 0.15) is 55.8 Å². The first-order valence-electron chi connectivity index (χ1n) is 10.1. The maximum atomic E-state index is 13.4. The van der Waals surface area contributed by atoms with Crippen molar-refractivity contribution in [3.63, 3.8) is 0 Å². The molecule has 1 unspecified atom stereocenters. The number of fused-ring (bicyclic) bond motifs is 4. The number of rotatable bonds is 4. The van der Waals surface area contributed by atoms with Gasteiger partial charge in [0, 0.05) is 12.6 Å². The average molecular weight is 368 g/mol. The fraction of sp³-hybridized carbons (Fsp3) is 0.591. The molecule has 0 radical (unpaired) electrons. The Kier molecular flexibility index (Phi) is 4.57. The van der Waals surface area contributed by atoms with E-state index in [1.54, 1.807) is 36.2 Å². The second-order valence-corrected chi connectivity index (χ2v) is 8.63. The number of nitrogens with zero attached hydrogens (tertiary/aromatic N) is 2. The molecular weight excluding hydrogens is 340 g/mol. The van der Waals surface area contributed by atoms with Crippen molar-refractivity contribution in [3.05, 3.63) is 35.9 Å². The number of benzene rings is 1. The molecule has 4 aliphatic rings. The first-order valence-corrected chi connectivity index (χ1v) is 10.1. The summed E-state index contributed by atoms with van der Waals surface area (Å²) in [6.45, 7) is 1.74. The minimum Gasteiger partial charge on any atom is -0.313 e. The molecule has 1 heterocycles. The van der Waals surface area contributed by atoms with Gasteiger partial charge in [0.05, 0.1) is 6.54 Å². The van der Waals surface area contributed by atoms with Crippen molar-refractivity contribution in [2.24, 2.45) is 17.8 Å². The molecule has 3 saturated carbocycles. The van der Waals surface area contributed by atoms with E-state index in [-0.39, 0.29) is 30.2 Å². The first kappa shape index (κ1) is 18.2. The van der Waals surface area contributed by atoms with Crippen LogP contribution in [-0.4, -0.2) is 46.7 Å². The molecule has 1 saturated heterocycles. The van der Waals surface area contributed by atoms with Crippen LogP contribution in [0.3, 0.4) is 0 Å². The summed E-state index contributed by atoms with van der Waals surface area (Å²) in [6.07, 6.45) is 6.95. The van der Waals surface area contributed by atoms with Gasteiger partial charge in [-0.05, 0) is 43.9 Å². The largest absolute Gasteiger partial charge is 0.327 e. The topological polar surface area (TPSA) is 57.7 Å². The smallest absolute Gasteiger partial charge is 0.313 e. The summed E-state index contributed by atoms with van der Waals surface area (Å²) in [5.74, 6) is 1.07. The fourth-order valence-corrected chi connectivity index (χ4v) is 5.56. The second kappa shape index (κ2) is 6.77. The molecule has 5 nitrogen and oxygen atoms in total. The molecule has 1 aromatic rings. The van der Waals surface area contributed by atoms with Crippen molar-refractivity contribution in [2.75, 3.05) is 13.6 Å². The Labute approximate surface area is 160 Å². The van der Waals surface area contributed by atoms with Crippen LogP contribution < -0.4 is 0 Å². The highest BCUT2D eigenvalue weighted by atomic mass is 16.2. The number of likely N-dealkylation sites (N-methyl/N-ethyl adjacent to an activating group) is 1. The monoisotopic (exact) mass is 368 g/mol. The lowest BCUT2D eigenvalue weighted by atomic mass is 9.71. The van der Waals surface area contributed by atoms with E-state index in [0.717, 1.165) is 31.6 Å². The van der Waals surface area contributed by atoms with Gasteiger partial charge in [-0.1, -0.05) is 49.6 Å². The third kappa shape index (κ3) is 2.88. The Morgan fingerprint density at radius 2 is 1.67 bits per heavy atom. The molecule has 0 N–H and O–H groups in total. The SMILES string of the molecule is CN1C(=O)N(CC(=O)c2ccccc2)C(=O)C1(C)[C@H]1CC[C@H]2CC[C@@H]1CC2. The number of amides is 3. The molecule has 27 heavy (non-hydrogen) atoms. The minimum absolute atomic E-state index is 0.179. The average Bonchev–Trinajstić information content (AvgIpc) is 2.96. The Hall–Kier alpha value is -2.17. The van der Waals surface area contributed by atoms with Crippen molar-refractivity contribution in [2.45, 2.75) is 51.0 Å². The summed E-state index contributed by atoms with van der Waals surface area (Å²) < 4.78 is 0. The van der Waals surface area contributed by atoms with E-state index < -0.39 is 5.54 Å². The van der Waals surface area contributed by atoms with E-state index in [2.05, 4.69) is 0 Å². The van der Waals surface area contributed by atoms with Crippen molar-refractivity contribution in [1.82, 2.24) is 9.80 Å². The highest BCUT2D eigenvalue weighted by Crippen LogP contribution is 2.49. The predicted octanol–water partition coefficient (Wildman–Crippen LogP) is 3.74. The van der Waals surface area contributed by atoms with Crippen LogP contribution in [-0.2, 0) is 4.79 Å². The van der Waals surface area contributed by atoms with Crippen LogP contribution in [0.25, 0.3) is 0 Å². The number of hydrogen-bond acceptors (Lipinski definition) is 3. The molecule has 3 aliphatic carbocycles. The fourth-order valence-electron chi connectivity index (χ4n) is 5.56. The maximum Gasteiger partial charge on any atom is 0.327 e. The Morgan fingerprint density at radius 3 is 2.33 bits per heavy atom. The molecule has 5 heteroatoms. The van der Waals surface area contributed by atoms with E-state index in [1.807, 2.05) is 13.0 Å². The molecule has 0 aromatic heterocycles. The lowest BCUT2D eigenvalue weighted by molar-refractivity contribution is -0.135. The molecule has 5 rings (SSSR count). The molecular formula is C22H28N2O3. The normalized spacial score (nSPS) is 33.5. The minimum atomic E-state index is -0.835. The summed E-state index contributed by atoms with van der Waals surface area (Å²) in [7, 11) is 1.73. The van der Waals surface area contributed by atoms with Crippen molar-refractivity contribution < 1.29 is 14.4 Å². The molecule has 1 aliphatic heterocycles. The van der Waals surface area contributed by atoms with E-state index >= 15 is 0 Å². The predicted molar refractivity (Wildman–Crippen MR) is 102 cm³/mol. The Morgan fingerprint density at radius 1 is 1.04 bits per heavy atom. The number of ketones is 1. The number of carbonyl (C=O) groups excluding carboxylic acids is 3. The quantitative estimate of drug-likeness (QED) is 0.601. The zero-order valence-corrected chi connectivity index (χ0v) is 16.2. The highest BCUT2D eigenvalue weighted by molar-refractivity contribution is 6.11. The van der Waals surface area contributed by atoms with Crippen molar-refractivity contribution in [1.29, 1.82) is 0 Å². The van der Waals surface area contributed by atoms with E-state index in [1.165, 1.54) is 17.7 Å². The van der Waals surface area contributed by atoms with E-state index in [0.29, 0.717) is 11.5 Å². The lowest BCUT2D eigenvalue weighted by Gasteiger charge is -2.40. The van der Waals surface area contributed by atoms with Gasteiger partial charge in [0.2, 0.25) is 0 Å². The standard InChI is InChI=1S/C22H28N2O3/c1-22(18-13-10-15-8-11-16(18)12-9-15)20(26)24(21(27)23(22)2)14-19(25)17-6-4-3-5-7-17/h3-7,15-16,18H,8-14H2,1-2H3/t15-,16+,18-,22?/m0/s1. The van der Waals surface area contributed by atoms with Gasteiger partial charge in [-0.3, -0.25) is 14.5 Å². The molecule has 3 amide bonds. The number of imide groups is 1. The van der Waals surface area contributed by atoms with Gasteiger partial charge in [-0.2, -0.15) is 0 Å². The van der Waals surface area contributed by atoms with Gasteiger partial charge in [0.1, 0.15) is 5.54 Å². The molecule has 2 bridgehead atoms. The zero-order valence-electron chi connectivity index (χ0n) is 16.2. The highest BCUT2D eigenvalue weighted by Gasteiger charge is 2.59. The van der Waals surface area contributed by atoms with Gasteiger partial charge in [0.25, 0.3) is 5.91 Å². The molecule has 0 spiro atoms. The van der Waals surface area contributed by atoms with E-state index in [4.69, 9.17) is 0 Å². The van der Waals surface area contributed by atoms with Crippen molar-refractivity contribution >= 4 is 17.7 Å². The van der Waals surface area contributed by atoms with Gasteiger partial charge in [-0.25, -0.2) is 4.79 Å². The van der Waals surface area contributed by atoms with Crippen LogP contribution in [0.4, 0.5) is 4.79 Å². The number of urea groups is 1. The molecule has 2 atom stereocenters.